The Balaban J connectivity index is 0.000000374. The minimum Gasteiger partial charge on any atom is -0.386 e. The number of anilines is 2. The number of nitrogens with zero attached hydrogens (tertiary/aromatic N) is 8. The van der Waals surface area contributed by atoms with E-state index in [0.717, 1.165) is 58.0 Å². The quantitative estimate of drug-likeness (QED) is 0.0172. The zero-order valence-corrected chi connectivity index (χ0v) is 62.6. The van der Waals surface area contributed by atoms with Gasteiger partial charge in [0.2, 0.25) is 23.6 Å². The highest BCUT2D eigenvalue weighted by atomic mass is 32.2. The fourth-order valence-corrected chi connectivity index (χ4v) is 15.7. The van der Waals surface area contributed by atoms with Crippen molar-refractivity contribution in [3.8, 4) is 0 Å². The number of aliphatic hydroxyl groups is 4. The van der Waals surface area contributed by atoms with Crippen LogP contribution in [-0.4, -0.2) is 245 Å². The van der Waals surface area contributed by atoms with Gasteiger partial charge in [0.15, 0.2) is 45.6 Å². The van der Waals surface area contributed by atoms with Crippen LogP contribution in [0.1, 0.15) is 79.7 Å². The van der Waals surface area contributed by atoms with Crippen LogP contribution >= 0.6 is 70.5 Å². The van der Waals surface area contributed by atoms with Crippen LogP contribution < -0.4 is 32.7 Å². The molecule has 0 aromatic carbocycles. The van der Waals surface area contributed by atoms with E-state index in [-0.39, 0.29) is 83.2 Å². The number of imidazole rings is 2. The normalized spacial score (nSPS) is 22.4. The number of nitrogen functional groups attached to an aromatic ring is 2. The Morgan fingerprint density at radius 3 is 1.20 bits per heavy atom. The number of phosphoric ester groups is 6. The minimum atomic E-state index is -5.56. The summed E-state index contributed by atoms with van der Waals surface area (Å²) in [6.45, 7) is 4.48. The third-order valence-corrected chi connectivity index (χ3v) is 22.3. The molecule has 20 N–H and O–H groups in total. The van der Waals surface area contributed by atoms with Crippen molar-refractivity contribution in [2.45, 2.75) is 129 Å². The summed E-state index contributed by atoms with van der Waals surface area (Å²) in [7, 11) is -32.7. The fourth-order valence-electron chi connectivity index (χ4n) is 8.79. The van der Waals surface area contributed by atoms with Crippen molar-refractivity contribution in [1.82, 2.24) is 60.3 Å². The first-order chi connectivity index (χ1) is 48.1. The largest absolute Gasteiger partial charge is 0.481 e. The molecule has 0 spiro atoms. The molecule has 56 heteroatoms. The van der Waals surface area contributed by atoms with Gasteiger partial charge < -0.3 is 102 Å². The number of carbonyl (C=O) groups is 6. The molecule has 0 radical (unpaired) electrons. The Kier molecular flexibility index (Phi) is 33.2. The molecule has 588 valence electrons. The van der Waals surface area contributed by atoms with Gasteiger partial charge in [0.25, 0.3) is 0 Å². The fraction of sp³-hybridized carbons (Fsp3) is 0.667. The highest BCUT2D eigenvalue weighted by molar-refractivity contribution is 8.13. The molecule has 0 bridgehead atoms. The summed E-state index contributed by atoms with van der Waals surface area (Å²) in [5.74, 6) is -2.13. The van der Waals surface area contributed by atoms with Gasteiger partial charge in [-0.1, -0.05) is 65.1 Å². The average molecular weight is 1650 g/mol. The average Bonchev–Trinajstić information content (AvgIpc) is 1.62. The molecule has 4 unspecified atom stereocenters. The highest BCUT2D eigenvalue weighted by Gasteiger charge is 2.52. The molecule has 4 aromatic rings. The predicted molar refractivity (Wildman–Crippen MR) is 355 cm³/mol. The summed E-state index contributed by atoms with van der Waals surface area (Å²) in [4.78, 5) is 173. The van der Waals surface area contributed by atoms with Gasteiger partial charge >= 0.3 is 46.9 Å². The molecule has 0 saturated carbocycles. The first kappa shape index (κ1) is 89.7. The second-order valence-corrected chi connectivity index (χ2v) is 34.1. The molecular weight excluding hydrogens is 1570 g/mol. The van der Waals surface area contributed by atoms with E-state index in [2.05, 4.69) is 68.8 Å². The summed E-state index contributed by atoms with van der Waals surface area (Å²) in [5.41, 5.74) is 8.53. The number of thioether (sulfide) groups is 2. The van der Waals surface area contributed by atoms with Crippen LogP contribution in [0, 0.1) is 10.8 Å². The van der Waals surface area contributed by atoms with Crippen LogP contribution in [-0.2, 0) is 101 Å². The van der Waals surface area contributed by atoms with Crippen molar-refractivity contribution in [1.29, 1.82) is 0 Å². The van der Waals surface area contributed by atoms with Gasteiger partial charge in [0.1, 0.15) is 72.5 Å². The first-order valence-electron chi connectivity index (χ1n) is 30.2. The third-order valence-electron chi connectivity index (χ3n) is 14.1. The van der Waals surface area contributed by atoms with E-state index in [1.165, 1.54) is 27.7 Å². The van der Waals surface area contributed by atoms with Crippen molar-refractivity contribution >= 4 is 138 Å². The van der Waals surface area contributed by atoms with Crippen molar-refractivity contribution in [2.75, 3.05) is 75.6 Å². The molecule has 4 amide bonds. The second kappa shape index (κ2) is 38.5. The summed E-state index contributed by atoms with van der Waals surface area (Å²) in [5, 5.41) is 52.4. The lowest BCUT2D eigenvalue weighted by atomic mass is 9.87. The van der Waals surface area contributed by atoms with Crippen LogP contribution in [0.15, 0.2) is 25.3 Å². The van der Waals surface area contributed by atoms with E-state index < -0.39 is 169 Å². The zero-order valence-electron chi connectivity index (χ0n) is 55.6. The topological polar surface area (TPSA) is 727 Å². The summed E-state index contributed by atoms with van der Waals surface area (Å²) >= 11 is 2.14. The van der Waals surface area contributed by atoms with E-state index in [0.29, 0.717) is 24.3 Å². The van der Waals surface area contributed by atoms with Crippen LogP contribution in [0.25, 0.3) is 22.3 Å². The number of carbonyl (C=O) groups excluding carboxylic acids is 6. The number of phosphoric acid groups is 6. The molecule has 2 fully saturated rings. The number of fused-ring (bicyclic) bond motifs is 2. The number of hydrogen-bond donors (Lipinski definition) is 18. The standard InChI is InChI=1S/2C24H40N7O17P3S/c2*1-4-15(33)52-8-7-26-14(32)5-6-27-22(36)19(35)24(2,3)10-45-51(42,43)48-50(40,41)44-9-13-18(47-49(37,38)39)17(34)23(46-13)31-12-30-16-20(25)28-11-29-21(16)31/h2*11-13,17-19,23,34-35H,4-10H2,1-3H3,(H,26,32)(H,27,36)(H,40,41)(H,42,43)(H2,25,28,29)(H2,37,38,39)/t2*13-,17-,18-,19+,23-/m11/s1. The number of amides is 4. The molecule has 2 aliphatic heterocycles. The maximum absolute atomic E-state index is 12.6. The van der Waals surface area contributed by atoms with E-state index in [4.69, 9.17) is 39.0 Å². The zero-order chi connectivity index (χ0) is 78.1. The van der Waals surface area contributed by atoms with Crippen LogP contribution in [0.3, 0.4) is 0 Å². The molecule has 14 atom stereocenters. The molecule has 48 nitrogen and oxygen atoms in total. The van der Waals surface area contributed by atoms with Gasteiger partial charge in [0.05, 0.1) is 39.1 Å². The Morgan fingerprint density at radius 1 is 0.538 bits per heavy atom. The van der Waals surface area contributed by atoms with E-state index in [1.807, 2.05) is 0 Å². The first-order valence-corrected chi connectivity index (χ1v) is 41.2. The Hall–Kier alpha value is -4.88. The smallest absolute Gasteiger partial charge is 0.386 e. The van der Waals surface area contributed by atoms with E-state index in [1.54, 1.807) is 13.8 Å². The molecule has 6 heterocycles. The Labute approximate surface area is 597 Å². The summed E-state index contributed by atoms with van der Waals surface area (Å²) < 4.78 is 124. The number of hydrogen-bond acceptors (Lipinski definition) is 36. The summed E-state index contributed by atoms with van der Waals surface area (Å²) in [6.07, 6.45) is -13.0. The van der Waals surface area contributed by atoms with E-state index in [9.17, 15) is 116 Å². The van der Waals surface area contributed by atoms with Crippen LogP contribution in [0.4, 0.5) is 11.6 Å². The van der Waals surface area contributed by atoms with Gasteiger partial charge in [-0.15, -0.1) is 0 Å². The summed E-state index contributed by atoms with van der Waals surface area (Å²) in [6, 6.07) is 0. The van der Waals surface area contributed by atoms with E-state index >= 15 is 0 Å². The number of ether oxygens (including phenoxy) is 2. The highest BCUT2D eigenvalue weighted by Crippen LogP contribution is 2.63. The van der Waals surface area contributed by atoms with Crippen molar-refractivity contribution in [3.05, 3.63) is 25.3 Å². The van der Waals surface area contributed by atoms with Crippen LogP contribution in [0.5, 0.6) is 0 Å². The van der Waals surface area contributed by atoms with Gasteiger partial charge in [-0.3, -0.25) is 65.0 Å². The monoisotopic (exact) mass is 1650 g/mol. The van der Waals surface area contributed by atoms with Gasteiger partial charge in [-0.25, -0.2) is 57.3 Å². The van der Waals surface area contributed by atoms with Crippen molar-refractivity contribution in [3.63, 3.8) is 0 Å². The lowest BCUT2D eigenvalue weighted by molar-refractivity contribution is -0.137. The predicted octanol–water partition coefficient (Wildman–Crippen LogP) is -1.85. The molecule has 0 aliphatic carbocycles. The van der Waals surface area contributed by atoms with Crippen LogP contribution in [0.2, 0.25) is 0 Å². The lowest BCUT2D eigenvalue weighted by Gasteiger charge is -2.30. The number of nitrogens with two attached hydrogens (primary N) is 2. The maximum Gasteiger partial charge on any atom is 0.481 e. The third kappa shape index (κ3) is 28.0. The molecule has 4 aromatic heterocycles. The number of aliphatic hydroxyl groups excluding tert-OH is 4. The molecule has 104 heavy (non-hydrogen) atoms. The number of nitrogens with one attached hydrogen (secondary N) is 4. The van der Waals surface area contributed by atoms with Gasteiger partial charge in [0, 0.05) is 74.2 Å². The Bertz CT molecular complexity index is 3700. The minimum absolute atomic E-state index is 0.0221. The van der Waals surface area contributed by atoms with Crippen molar-refractivity contribution in [2.24, 2.45) is 10.8 Å². The SMILES string of the molecule is CCC(=O)SCCNC(=O)CCNC(=O)[C@H](O)C(C)(C)COP(=O)(O)OP(=O)(O)OC[C@H]1O[C@@H](n2cnc3c(N)ncnc32)[C@H](O)[C@@H]1OP(=O)(O)O.CCC(=O)SCCNC(=O)CCNC(=O)[C@H](O)C(C)(C)COP(=O)(O)OP(=O)(O)OC[C@H]1O[C@@H](n2cnc3c(N)ncnc32)[C@H](O)[C@@H]1OP(=O)(O)O. The molecular formula is C48H80N14O34P6S2. The molecule has 2 aliphatic rings. The van der Waals surface area contributed by atoms with Crippen molar-refractivity contribution < 1.29 is 161 Å². The number of rotatable bonds is 40. The lowest BCUT2D eigenvalue weighted by Crippen LogP contribution is -2.46. The second-order valence-electron chi connectivity index (χ2n) is 23.3. The molecule has 6 rings (SSSR count). The van der Waals surface area contributed by atoms with Gasteiger partial charge in [-0.05, 0) is 0 Å². The van der Waals surface area contributed by atoms with Gasteiger partial charge in [-0.2, -0.15) is 8.62 Å². The molecule has 2 saturated heterocycles. The maximum atomic E-state index is 12.6. The number of aromatic nitrogens is 8. The Morgan fingerprint density at radius 2 is 0.875 bits per heavy atom.